The third kappa shape index (κ3) is 7.25. The number of hydrogen-bond acceptors (Lipinski definition) is 14. The number of aromatic nitrogens is 8. The highest BCUT2D eigenvalue weighted by molar-refractivity contribution is 7.94. The molecular weight excluding hydrogens is 777 g/mol. The molecule has 0 radical (unpaired) electrons. The maximum Gasteiger partial charge on any atom is 0.277 e. The molecule has 0 saturated heterocycles. The molecule has 3 aliphatic rings. The van der Waals surface area contributed by atoms with Gasteiger partial charge in [-0.3, -0.25) is 4.55 Å². The van der Waals surface area contributed by atoms with Crippen LogP contribution in [-0.4, -0.2) is 87.4 Å². The fourth-order valence-electron chi connectivity index (χ4n) is 6.09. The molecule has 0 saturated carbocycles. The van der Waals surface area contributed by atoms with Crippen molar-refractivity contribution in [1.82, 2.24) is 39.9 Å². The van der Waals surface area contributed by atoms with Crippen LogP contribution in [0.1, 0.15) is 55.2 Å². The number of rotatable bonds is 9. The predicted molar refractivity (Wildman–Crippen MR) is 223 cm³/mol. The molecule has 7 rings (SSSR count). The fraction of sp³-hybridized carbons (Fsp3) is 0.158. The van der Waals surface area contributed by atoms with Gasteiger partial charge in [-0.05, 0) is 57.0 Å². The zero-order chi connectivity index (χ0) is 39.8. The minimum absolute atomic E-state index is 0.141. The second kappa shape index (κ2) is 15.5. The molecule has 3 aromatic heterocycles. The lowest BCUT2D eigenvalue weighted by Crippen LogP contribution is -2.30. The Morgan fingerprint density at radius 2 is 1.11 bits per heavy atom. The van der Waals surface area contributed by atoms with Gasteiger partial charge in [0.05, 0.1) is 12.5 Å². The molecule has 1 aromatic carbocycles. The molecule has 0 spiro atoms. The van der Waals surface area contributed by atoms with E-state index < -0.39 is 14.9 Å². The lowest BCUT2D eigenvalue weighted by atomic mass is 10.1. The van der Waals surface area contributed by atoms with E-state index in [4.69, 9.17) is 29.9 Å². The number of H-pyrrole nitrogens is 2. The summed E-state index contributed by atoms with van der Waals surface area (Å²) >= 11 is 1.28. The number of benzene rings is 1. The Balaban J connectivity index is 1.67. The minimum atomic E-state index is -4.59. The summed E-state index contributed by atoms with van der Waals surface area (Å²) in [4.78, 5) is 35.8. The predicted octanol–water partition coefficient (Wildman–Crippen LogP) is 8.00. The van der Waals surface area contributed by atoms with Crippen molar-refractivity contribution in [2.24, 2.45) is 0 Å². The summed E-state index contributed by atoms with van der Waals surface area (Å²) in [6, 6.07) is 7.39. The van der Waals surface area contributed by atoms with Crippen LogP contribution in [0, 0.1) is 0 Å². The number of aliphatic hydroxyl groups excluding tert-OH is 2. The highest BCUT2D eigenvalue weighted by atomic mass is 32.2. The smallest absolute Gasteiger partial charge is 0.277 e. The van der Waals surface area contributed by atoms with Crippen molar-refractivity contribution in [1.29, 1.82) is 0 Å². The Morgan fingerprint density at radius 1 is 0.661 bits per heavy atom. The largest absolute Gasteiger partial charge is 0.516 e. The molecule has 1 aliphatic carbocycles. The first-order valence-corrected chi connectivity index (χ1v) is 20.1. The van der Waals surface area contributed by atoms with E-state index in [0.717, 1.165) is 12.5 Å². The highest BCUT2D eigenvalue weighted by Crippen LogP contribution is 2.37. The Morgan fingerprint density at radius 3 is 1.64 bits per heavy atom. The van der Waals surface area contributed by atoms with Crippen molar-refractivity contribution in [3.8, 4) is 0 Å². The van der Waals surface area contributed by atoms with E-state index in [1.165, 1.54) is 43.4 Å². The van der Waals surface area contributed by atoms with Gasteiger partial charge >= 0.3 is 0 Å². The van der Waals surface area contributed by atoms with E-state index in [-0.39, 0.29) is 45.1 Å². The molecule has 0 amide bonds. The lowest BCUT2D eigenvalue weighted by molar-refractivity contribution is 0.466. The first-order chi connectivity index (χ1) is 26.9. The van der Waals surface area contributed by atoms with Gasteiger partial charge in [0.15, 0.2) is 23.3 Å². The second-order valence-corrected chi connectivity index (χ2v) is 16.7. The van der Waals surface area contributed by atoms with Crippen molar-refractivity contribution in [2.75, 3.05) is 0 Å². The van der Waals surface area contributed by atoms with Crippen LogP contribution < -0.4 is 0 Å². The van der Waals surface area contributed by atoms with Crippen LogP contribution in [-0.2, 0) is 10.1 Å². The van der Waals surface area contributed by atoms with Gasteiger partial charge in [-0.25, -0.2) is 29.9 Å². The van der Waals surface area contributed by atoms with Crippen molar-refractivity contribution in [3.63, 3.8) is 0 Å². The first kappa shape index (κ1) is 38.6. The second-order valence-electron chi connectivity index (χ2n) is 12.9. The van der Waals surface area contributed by atoms with Crippen LogP contribution in [0.15, 0.2) is 85.4 Å². The van der Waals surface area contributed by atoms with E-state index in [1.54, 1.807) is 38.2 Å². The highest BCUT2D eigenvalue weighted by Gasteiger charge is 2.35. The number of aromatic amines is 2. The normalized spacial score (nSPS) is 18.7. The van der Waals surface area contributed by atoms with Crippen LogP contribution in [0.5, 0.6) is 0 Å². The van der Waals surface area contributed by atoms with Gasteiger partial charge < -0.3 is 29.3 Å². The Hall–Kier alpha value is -5.63. The van der Waals surface area contributed by atoms with Gasteiger partial charge in [0.2, 0.25) is 0 Å². The summed E-state index contributed by atoms with van der Waals surface area (Å²) in [5.41, 5.74) is 3.71. The molecule has 15 nitrogen and oxygen atoms in total. The maximum absolute atomic E-state index is 12.5. The summed E-state index contributed by atoms with van der Waals surface area (Å²) < 4.78 is 52.9. The summed E-state index contributed by atoms with van der Waals surface area (Å²) in [7, 11) is -4.59. The quantitative estimate of drug-likeness (QED) is 0.0481. The number of allylic oxidation sites excluding steroid dienone is 8. The Labute approximate surface area is 328 Å². The minimum Gasteiger partial charge on any atom is -0.516 e. The zero-order valence-electron chi connectivity index (χ0n) is 29.9. The molecule has 5 heterocycles. The third-order valence-corrected chi connectivity index (χ3v) is 11.5. The van der Waals surface area contributed by atoms with Gasteiger partial charge in [-0.2, -0.15) is 8.42 Å². The van der Waals surface area contributed by atoms with Crippen LogP contribution in [0.4, 0.5) is 0 Å². The average Bonchev–Trinajstić information content (AvgIpc) is 3.84. The molecule has 3 atom stereocenters. The molecule has 2 aliphatic heterocycles. The molecule has 286 valence electrons. The molecule has 0 fully saturated rings. The molecule has 3 unspecified atom stereocenters. The summed E-state index contributed by atoms with van der Waals surface area (Å²) in [5, 5.41) is 20.9. The number of hydrogen-bond donors (Lipinski definition) is 7. The summed E-state index contributed by atoms with van der Waals surface area (Å²) in [5.74, 6) is 0.682. The van der Waals surface area contributed by atoms with Crippen LogP contribution >= 0.6 is 24.1 Å². The van der Waals surface area contributed by atoms with Crippen LogP contribution in [0.25, 0.3) is 67.8 Å². The fourth-order valence-corrected chi connectivity index (χ4v) is 6.87. The number of aliphatic hydroxyl groups is 2. The Kier molecular flexibility index (Phi) is 10.7. The monoisotopic (exact) mass is 810 g/mol. The maximum atomic E-state index is 12.5. The Bertz CT molecular complexity index is 2800. The third-order valence-electron chi connectivity index (χ3n) is 9.15. The van der Waals surface area contributed by atoms with E-state index in [2.05, 4.69) is 9.97 Å². The molecule has 8 bridgehead atoms. The van der Waals surface area contributed by atoms with Crippen molar-refractivity contribution >= 4 is 102 Å². The molecule has 18 heteroatoms. The number of nitrogens with zero attached hydrogens (tertiary/aromatic N) is 6. The van der Waals surface area contributed by atoms with Crippen LogP contribution in [0.2, 0.25) is 0 Å². The van der Waals surface area contributed by atoms with E-state index in [0.29, 0.717) is 79.6 Å². The van der Waals surface area contributed by atoms with Gasteiger partial charge in [0, 0.05) is 54.7 Å². The van der Waals surface area contributed by atoms with Gasteiger partial charge in [0.1, 0.15) is 27.3 Å². The number of nitrogens with one attached hydrogen (secondary N) is 2. The van der Waals surface area contributed by atoms with Crippen molar-refractivity contribution in [2.45, 2.75) is 36.0 Å². The topological polar surface area (TPSA) is 244 Å². The molecule has 56 heavy (non-hydrogen) atoms. The SMILES string of the molecule is CC(/C=C\C1=C(/C=C\O)c2nc1nc1[nH]c(nc3nc(nc4[nH]c(n2)c2ccccc42)C2=C3C=CC(C)(S(=O)(=O)O)C=C2)c(/C=C\C(C)SO)c1/C=C\O)SO. The van der Waals surface area contributed by atoms with Gasteiger partial charge in [-0.1, -0.05) is 72.9 Å². The van der Waals surface area contributed by atoms with E-state index in [1.807, 2.05) is 24.3 Å². The van der Waals surface area contributed by atoms with Crippen molar-refractivity contribution in [3.05, 3.63) is 120 Å². The van der Waals surface area contributed by atoms with Gasteiger partial charge in [0.25, 0.3) is 10.1 Å². The molecule has 7 N–H and O–H groups in total. The first-order valence-electron chi connectivity index (χ1n) is 17.0. The zero-order valence-corrected chi connectivity index (χ0v) is 32.3. The lowest BCUT2D eigenvalue weighted by Gasteiger charge is -2.16. The van der Waals surface area contributed by atoms with Crippen molar-refractivity contribution < 1.29 is 32.3 Å². The molecule has 4 aromatic rings. The molecular formula is C38H34N8O7S3. The standard InChI is InChI=1S/C38H34N8O7S3/c1-20(54-49)8-10-24-29(15-19-48)37-43-32(24)42-35-27-13-17-38(3,56(51,52)53)16-12-26(27)34(46-35)40-30-22-6-4-5-7-23(22)31(39-30)41-36-28(14-18-47)25(33(44-36)45-37)11-9-21(2)55-50/h4-21,47-50H,1-3H3,(H,51,52,53)(H2,39,40,41,42,43,44,45,46)/b10-8-,11-9-,18-14-,19-15-. The van der Waals surface area contributed by atoms with E-state index >= 15 is 0 Å². The summed E-state index contributed by atoms with van der Waals surface area (Å²) in [6.45, 7) is 4.94. The van der Waals surface area contributed by atoms with Crippen LogP contribution in [0.3, 0.4) is 0 Å². The van der Waals surface area contributed by atoms with E-state index in [9.17, 15) is 32.3 Å². The summed E-state index contributed by atoms with van der Waals surface area (Å²) in [6.07, 6.45) is 17.2. The number of fused-ring (bicyclic) bond motifs is 13. The average molecular weight is 811 g/mol. The van der Waals surface area contributed by atoms with Gasteiger partial charge in [-0.15, -0.1) is 0 Å².